The Labute approximate surface area is 105 Å². The van der Waals surface area contributed by atoms with Gasteiger partial charge in [0.05, 0.1) is 17.1 Å². The van der Waals surface area contributed by atoms with Crippen LogP contribution >= 0.6 is 11.8 Å². The summed E-state index contributed by atoms with van der Waals surface area (Å²) in [5.74, 6) is 7.34. The summed E-state index contributed by atoms with van der Waals surface area (Å²) in [6.45, 7) is 0.872. The van der Waals surface area contributed by atoms with Gasteiger partial charge in [0.15, 0.2) is 0 Å². The summed E-state index contributed by atoms with van der Waals surface area (Å²) in [5, 5.41) is 4.69. The molecule has 2 aliphatic rings. The molecule has 0 radical (unpaired) electrons. The van der Waals surface area contributed by atoms with Crippen LogP contribution in [0.1, 0.15) is 12.8 Å². The van der Waals surface area contributed by atoms with Gasteiger partial charge in [-0.05, 0) is 30.9 Å². The molecule has 1 amide bonds. The van der Waals surface area contributed by atoms with Crippen molar-refractivity contribution in [2.45, 2.75) is 17.7 Å². The van der Waals surface area contributed by atoms with Gasteiger partial charge in [-0.1, -0.05) is 6.07 Å². The second kappa shape index (κ2) is 4.23. The van der Waals surface area contributed by atoms with Crippen LogP contribution in [0.2, 0.25) is 0 Å². The van der Waals surface area contributed by atoms with Gasteiger partial charge in [-0.3, -0.25) is 4.79 Å². The zero-order chi connectivity index (χ0) is 11.8. The smallest absolute Gasteiger partial charge is 0.234 e. The zero-order valence-corrected chi connectivity index (χ0v) is 10.3. The highest BCUT2D eigenvalue weighted by atomic mass is 32.2. The van der Waals surface area contributed by atoms with E-state index in [1.165, 1.54) is 12.8 Å². The van der Waals surface area contributed by atoms with Crippen LogP contribution < -0.4 is 16.2 Å². The first-order chi connectivity index (χ1) is 8.24. The number of hydrazine groups is 1. The van der Waals surface area contributed by atoms with Gasteiger partial charge in [-0.2, -0.15) is 0 Å². The van der Waals surface area contributed by atoms with Crippen LogP contribution in [-0.2, 0) is 4.79 Å². The monoisotopic (exact) mass is 249 g/mol. The summed E-state index contributed by atoms with van der Waals surface area (Å²) in [6, 6.07) is 5.98. The van der Waals surface area contributed by atoms with E-state index in [1.54, 1.807) is 16.8 Å². The van der Waals surface area contributed by atoms with Gasteiger partial charge in [-0.15, -0.1) is 11.8 Å². The molecule has 90 valence electrons. The minimum absolute atomic E-state index is 0.0507. The molecule has 17 heavy (non-hydrogen) atoms. The lowest BCUT2D eigenvalue weighted by Gasteiger charge is -2.25. The lowest BCUT2D eigenvalue weighted by Crippen LogP contribution is -2.34. The molecule has 1 aromatic rings. The van der Waals surface area contributed by atoms with Crippen molar-refractivity contribution in [3.63, 3.8) is 0 Å². The molecule has 0 atom stereocenters. The molecule has 1 aromatic carbocycles. The number of carbonyl (C=O) groups is 1. The lowest BCUT2D eigenvalue weighted by molar-refractivity contribution is -0.113. The first-order valence-corrected chi connectivity index (χ1v) is 6.80. The molecular weight excluding hydrogens is 234 g/mol. The molecule has 1 saturated carbocycles. The number of nitrogens with two attached hydrogens (primary N) is 1. The fraction of sp³-hybridized carbons (Fsp3) is 0.417. The van der Waals surface area contributed by atoms with E-state index in [2.05, 4.69) is 5.32 Å². The first kappa shape index (κ1) is 10.9. The van der Waals surface area contributed by atoms with Gasteiger partial charge >= 0.3 is 0 Å². The SMILES string of the molecule is NN(CC1CC1)c1cccc2c1NC(=O)CS2. The van der Waals surface area contributed by atoms with Gasteiger partial charge < -0.3 is 10.3 Å². The Kier molecular flexibility index (Phi) is 2.72. The fourth-order valence-corrected chi connectivity index (χ4v) is 2.83. The number of rotatable bonds is 3. The summed E-state index contributed by atoms with van der Waals surface area (Å²) < 4.78 is 0. The number of nitrogens with one attached hydrogen (secondary N) is 1. The van der Waals surface area contributed by atoms with Crippen LogP contribution in [-0.4, -0.2) is 18.2 Å². The summed E-state index contributed by atoms with van der Waals surface area (Å²) in [5.41, 5.74) is 1.80. The number of hydrogen-bond donors (Lipinski definition) is 2. The Hall–Kier alpha value is -1.20. The molecule has 3 rings (SSSR count). The van der Waals surface area contributed by atoms with Crippen molar-refractivity contribution < 1.29 is 4.79 Å². The minimum atomic E-state index is 0.0507. The third-order valence-electron chi connectivity index (χ3n) is 3.09. The largest absolute Gasteiger partial charge is 0.323 e. The van der Waals surface area contributed by atoms with Gasteiger partial charge in [0, 0.05) is 11.4 Å². The number of carbonyl (C=O) groups excluding carboxylic acids is 1. The van der Waals surface area contributed by atoms with E-state index in [0.717, 1.165) is 28.7 Å². The number of nitrogens with zero attached hydrogens (tertiary/aromatic N) is 1. The second-order valence-corrected chi connectivity index (χ2v) is 5.60. The van der Waals surface area contributed by atoms with E-state index < -0.39 is 0 Å². The molecule has 4 nitrogen and oxygen atoms in total. The Bertz CT molecular complexity index is 459. The molecule has 5 heteroatoms. The third-order valence-corrected chi connectivity index (χ3v) is 4.15. The molecular formula is C12H15N3OS. The average molecular weight is 249 g/mol. The zero-order valence-electron chi connectivity index (χ0n) is 9.48. The maximum atomic E-state index is 11.4. The van der Waals surface area contributed by atoms with E-state index in [9.17, 15) is 4.79 Å². The van der Waals surface area contributed by atoms with Crippen LogP contribution in [0.5, 0.6) is 0 Å². The molecule has 3 N–H and O–H groups in total. The molecule has 0 bridgehead atoms. The van der Waals surface area contributed by atoms with E-state index in [-0.39, 0.29) is 5.91 Å². The Morgan fingerprint density at radius 3 is 3.06 bits per heavy atom. The number of thioether (sulfide) groups is 1. The van der Waals surface area contributed by atoms with Crippen molar-refractivity contribution in [2.24, 2.45) is 11.8 Å². The van der Waals surface area contributed by atoms with Crippen LogP contribution in [0, 0.1) is 5.92 Å². The average Bonchev–Trinajstić information content (AvgIpc) is 3.12. The van der Waals surface area contributed by atoms with Gasteiger partial charge in [0.1, 0.15) is 0 Å². The van der Waals surface area contributed by atoms with Crippen molar-refractivity contribution in [1.82, 2.24) is 0 Å². The summed E-state index contributed by atoms with van der Waals surface area (Å²) in [6.07, 6.45) is 2.54. The number of fused-ring (bicyclic) bond motifs is 1. The van der Waals surface area contributed by atoms with Crippen molar-refractivity contribution >= 4 is 29.0 Å². The maximum absolute atomic E-state index is 11.4. The highest BCUT2D eigenvalue weighted by Gasteiger charge is 2.26. The number of para-hydroxylation sites is 1. The molecule has 1 aliphatic carbocycles. The van der Waals surface area contributed by atoms with Crippen LogP contribution in [0.3, 0.4) is 0 Å². The first-order valence-electron chi connectivity index (χ1n) is 5.82. The number of anilines is 2. The van der Waals surface area contributed by atoms with E-state index in [1.807, 2.05) is 18.2 Å². The molecule has 1 aliphatic heterocycles. The predicted octanol–water partition coefficient (Wildman–Crippen LogP) is 1.82. The van der Waals surface area contributed by atoms with E-state index in [0.29, 0.717) is 5.75 Å². The van der Waals surface area contributed by atoms with Gasteiger partial charge in [0.2, 0.25) is 5.91 Å². The Balaban J connectivity index is 1.89. The Morgan fingerprint density at radius 2 is 2.29 bits per heavy atom. The van der Waals surface area contributed by atoms with Crippen molar-refractivity contribution in [3.8, 4) is 0 Å². The number of benzene rings is 1. The molecule has 1 fully saturated rings. The molecule has 1 heterocycles. The lowest BCUT2D eigenvalue weighted by atomic mass is 10.2. The van der Waals surface area contributed by atoms with E-state index in [4.69, 9.17) is 5.84 Å². The van der Waals surface area contributed by atoms with Crippen LogP contribution in [0.4, 0.5) is 11.4 Å². The molecule has 0 spiro atoms. The van der Waals surface area contributed by atoms with Gasteiger partial charge in [0.25, 0.3) is 0 Å². The molecule has 0 aromatic heterocycles. The third kappa shape index (κ3) is 2.25. The van der Waals surface area contributed by atoms with Crippen molar-refractivity contribution in [3.05, 3.63) is 18.2 Å². The Morgan fingerprint density at radius 1 is 1.47 bits per heavy atom. The van der Waals surface area contributed by atoms with Gasteiger partial charge in [-0.25, -0.2) is 5.84 Å². The van der Waals surface area contributed by atoms with Crippen LogP contribution in [0.15, 0.2) is 23.1 Å². The molecule has 0 saturated heterocycles. The van der Waals surface area contributed by atoms with Crippen LogP contribution in [0.25, 0.3) is 0 Å². The highest BCUT2D eigenvalue weighted by molar-refractivity contribution is 8.00. The number of hydrogen-bond acceptors (Lipinski definition) is 4. The number of amides is 1. The molecule has 0 unspecified atom stereocenters. The summed E-state index contributed by atoms with van der Waals surface area (Å²) >= 11 is 1.57. The van der Waals surface area contributed by atoms with E-state index >= 15 is 0 Å². The second-order valence-electron chi connectivity index (χ2n) is 4.58. The topological polar surface area (TPSA) is 58.4 Å². The summed E-state index contributed by atoms with van der Waals surface area (Å²) in [7, 11) is 0. The highest BCUT2D eigenvalue weighted by Crippen LogP contribution is 2.39. The van der Waals surface area contributed by atoms with Crippen molar-refractivity contribution in [1.29, 1.82) is 0 Å². The summed E-state index contributed by atoms with van der Waals surface area (Å²) in [4.78, 5) is 12.5. The standard InChI is InChI=1S/C12H15N3OS/c13-15(6-8-4-5-8)9-2-1-3-10-12(9)14-11(16)7-17-10/h1-3,8H,4-7,13H2,(H,14,16). The quantitative estimate of drug-likeness (QED) is 0.634. The normalized spacial score (nSPS) is 18.5. The maximum Gasteiger partial charge on any atom is 0.234 e. The minimum Gasteiger partial charge on any atom is -0.323 e. The fourth-order valence-electron chi connectivity index (χ4n) is 2.00. The predicted molar refractivity (Wildman–Crippen MR) is 70.1 cm³/mol. The van der Waals surface area contributed by atoms with Crippen molar-refractivity contribution in [2.75, 3.05) is 22.6 Å².